The van der Waals surface area contributed by atoms with E-state index >= 15 is 0 Å². The topological polar surface area (TPSA) is 17.1 Å². The van der Waals surface area contributed by atoms with Gasteiger partial charge in [-0.05, 0) is 43.4 Å². The largest absolute Gasteiger partial charge is 0.300 e. The maximum Gasteiger partial charge on any atom is 0.132 e. The van der Waals surface area contributed by atoms with E-state index in [0.717, 1.165) is 18.8 Å². The molecule has 1 heteroatoms. The van der Waals surface area contributed by atoms with Crippen LogP contribution in [0.25, 0.3) is 0 Å². The van der Waals surface area contributed by atoms with Gasteiger partial charge in [0.1, 0.15) is 5.78 Å². The van der Waals surface area contributed by atoms with Gasteiger partial charge in [-0.25, -0.2) is 0 Å². The first-order chi connectivity index (χ1) is 7.77. The second-order valence-electron chi connectivity index (χ2n) is 5.99. The van der Waals surface area contributed by atoms with E-state index in [1.54, 1.807) is 0 Å². The summed E-state index contributed by atoms with van der Waals surface area (Å²) < 4.78 is 0. The molecule has 2 aliphatic carbocycles. The monoisotopic (exact) mass is 222 g/mol. The molecular weight excluding hydrogens is 196 g/mol. The van der Waals surface area contributed by atoms with E-state index in [0.29, 0.717) is 11.2 Å². The van der Waals surface area contributed by atoms with E-state index in [9.17, 15) is 4.79 Å². The Morgan fingerprint density at radius 2 is 1.75 bits per heavy atom. The van der Waals surface area contributed by atoms with Crippen molar-refractivity contribution in [1.82, 2.24) is 0 Å². The van der Waals surface area contributed by atoms with E-state index in [1.807, 2.05) is 0 Å². The molecule has 2 saturated carbocycles. The highest BCUT2D eigenvalue weighted by Crippen LogP contribution is 2.50. The van der Waals surface area contributed by atoms with E-state index in [-0.39, 0.29) is 0 Å². The van der Waals surface area contributed by atoms with Crippen LogP contribution in [-0.2, 0) is 4.79 Å². The molecule has 2 rings (SSSR count). The highest BCUT2D eigenvalue weighted by Gasteiger charge is 2.39. The van der Waals surface area contributed by atoms with Gasteiger partial charge in [0.2, 0.25) is 0 Å². The zero-order valence-electron chi connectivity index (χ0n) is 10.8. The number of Topliss-reactive ketones (excluding diaryl/α,β-unsaturated/α-hetero) is 1. The lowest BCUT2D eigenvalue weighted by Gasteiger charge is -2.45. The molecule has 0 aromatic heterocycles. The Kier molecular flexibility index (Phi) is 4.05. The van der Waals surface area contributed by atoms with Crippen LogP contribution in [0.2, 0.25) is 0 Å². The van der Waals surface area contributed by atoms with Crippen molar-refractivity contribution >= 4 is 5.78 Å². The SMILES string of the molecule is CCCC1(C2CCC(=O)CC2)CCCCC1. The molecule has 0 bridgehead atoms. The van der Waals surface area contributed by atoms with Crippen molar-refractivity contribution in [2.24, 2.45) is 11.3 Å². The third-order valence-corrected chi connectivity index (χ3v) is 5.01. The van der Waals surface area contributed by atoms with Crippen LogP contribution < -0.4 is 0 Å². The Morgan fingerprint density at radius 1 is 1.12 bits per heavy atom. The Bertz CT molecular complexity index is 222. The maximum absolute atomic E-state index is 11.4. The van der Waals surface area contributed by atoms with Gasteiger partial charge >= 0.3 is 0 Å². The number of carbonyl (C=O) groups excluding carboxylic acids is 1. The summed E-state index contributed by atoms with van der Waals surface area (Å²) in [5.74, 6) is 1.38. The molecule has 92 valence electrons. The molecule has 0 radical (unpaired) electrons. The zero-order valence-corrected chi connectivity index (χ0v) is 10.8. The second-order valence-corrected chi connectivity index (χ2v) is 5.99. The predicted molar refractivity (Wildman–Crippen MR) is 67.4 cm³/mol. The second kappa shape index (κ2) is 5.33. The Labute approximate surface area is 100.0 Å². The molecule has 0 aromatic carbocycles. The van der Waals surface area contributed by atoms with Crippen LogP contribution in [0.3, 0.4) is 0 Å². The molecule has 0 aliphatic heterocycles. The first-order valence-corrected chi connectivity index (χ1v) is 7.28. The molecule has 0 aromatic rings. The Hall–Kier alpha value is -0.330. The fraction of sp³-hybridized carbons (Fsp3) is 0.933. The van der Waals surface area contributed by atoms with Gasteiger partial charge in [0, 0.05) is 12.8 Å². The third-order valence-electron chi connectivity index (χ3n) is 5.01. The fourth-order valence-electron chi connectivity index (χ4n) is 4.17. The van der Waals surface area contributed by atoms with Crippen LogP contribution >= 0.6 is 0 Å². The molecule has 0 saturated heterocycles. The zero-order chi connectivity index (χ0) is 11.4. The van der Waals surface area contributed by atoms with Crippen LogP contribution in [0.1, 0.15) is 77.6 Å². The molecule has 0 amide bonds. The summed E-state index contributed by atoms with van der Waals surface area (Å²) >= 11 is 0. The molecule has 0 spiro atoms. The van der Waals surface area contributed by atoms with E-state index in [2.05, 4.69) is 6.92 Å². The first kappa shape index (κ1) is 12.1. The van der Waals surface area contributed by atoms with Gasteiger partial charge in [0.15, 0.2) is 0 Å². The van der Waals surface area contributed by atoms with Gasteiger partial charge in [0.05, 0.1) is 0 Å². The average molecular weight is 222 g/mol. The van der Waals surface area contributed by atoms with Crippen LogP contribution in [0.4, 0.5) is 0 Å². The molecule has 2 fully saturated rings. The quantitative estimate of drug-likeness (QED) is 0.687. The molecule has 0 unspecified atom stereocenters. The number of ketones is 1. The first-order valence-electron chi connectivity index (χ1n) is 7.28. The van der Waals surface area contributed by atoms with Crippen molar-refractivity contribution in [3.05, 3.63) is 0 Å². The van der Waals surface area contributed by atoms with Crippen LogP contribution in [0.15, 0.2) is 0 Å². The van der Waals surface area contributed by atoms with Crippen molar-refractivity contribution in [3.63, 3.8) is 0 Å². The fourth-order valence-corrected chi connectivity index (χ4v) is 4.17. The summed E-state index contributed by atoms with van der Waals surface area (Å²) in [6.07, 6.45) is 14.1. The smallest absolute Gasteiger partial charge is 0.132 e. The summed E-state index contributed by atoms with van der Waals surface area (Å²) in [5, 5.41) is 0. The maximum atomic E-state index is 11.4. The molecule has 1 nitrogen and oxygen atoms in total. The van der Waals surface area contributed by atoms with E-state index in [1.165, 1.54) is 57.8 Å². The number of rotatable bonds is 3. The predicted octanol–water partition coefficient (Wildman–Crippen LogP) is 4.50. The Morgan fingerprint density at radius 3 is 2.31 bits per heavy atom. The van der Waals surface area contributed by atoms with Crippen LogP contribution in [-0.4, -0.2) is 5.78 Å². The minimum atomic E-state index is 0.513. The lowest BCUT2D eigenvalue weighted by molar-refractivity contribution is -0.122. The molecule has 0 N–H and O–H groups in total. The normalized spacial score (nSPS) is 26.9. The third kappa shape index (κ3) is 2.49. The average Bonchev–Trinajstić information content (AvgIpc) is 2.31. The van der Waals surface area contributed by atoms with Gasteiger partial charge in [-0.2, -0.15) is 0 Å². The van der Waals surface area contributed by atoms with Crippen molar-refractivity contribution in [2.45, 2.75) is 77.6 Å². The summed E-state index contributed by atoms with van der Waals surface area (Å²) in [6, 6.07) is 0. The van der Waals surface area contributed by atoms with Crippen LogP contribution in [0, 0.1) is 11.3 Å². The molecule has 0 atom stereocenters. The van der Waals surface area contributed by atoms with Crippen LogP contribution in [0.5, 0.6) is 0 Å². The number of hydrogen-bond acceptors (Lipinski definition) is 1. The lowest BCUT2D eigenvalue weighted by atomic mass is 9.60. The number of carbonyl (C=O) groups is 1. The standard InChI is InChI=1S/C15H26O/c1-2-10-15(11-4-3-5-12-15)13-6-8-14(16)9-7-13/h13H,2-12H2,1H3. The molecule has 2 aliphatic rings. The summed E-state index contributed by atoms with van der Waals surface area (Å²) in [4.78, 5) is 11.4. The van der Waals surface area contributed by atoms with Gasteiger partial charge in [-0.1, -0.05) is 32.6 Å². The molecule has 16 heavy (non-hydrogen) atoms. The van der Waals surface area contributed by atoms with Crippen molar-refractivity contribution in [2.75, 3.05) is 0 Å². The van der Waals surface area contributed by atoms with E-state index < -0.39 is 0 Å². The summed E-state index contributed by atoms with van der Waals surface area (Å²) in [7, 11) is 0. The van der Waals surface area contributed by atoms with Gasteiger partial charge in [-0.15, -0.1) is 0 Å². The van der Waals surface area contributed by atoms with E-state index in [4.69, 9.17) is 0 Å². The Balaban J connectivity index is 2.02. The minimum Gasteiger partial charge on any atom is -0.300 e. The molecular formula is C15H26O. The van der Waals surface area contributed by atoms with Crippen molar-refractivity contribution < 1.29 is 4.79 Å². The highest BCUT2D eigenvalue weighted by atomic mass is 16.1. The van der Waals surface area contributed by atoms with Gasteiger partial charge in [-0.3, -0.25) is 4.79 Å². The van der Waals surface area contributed by atoms with Crippen molar-refractivity contribution in [3.8, 4) is 0 Å². The number of hydrogen-bond donors (Lipinski definition) is 0. The lowest BCUT2D eigenvalue weighted by Crippen LogP contribution is -2.35. The van der Waals surface area contributed by atoms with Gasteiger partial charge < -0.3 is 0 Å². The minimum absolute atomic E-state index is 0.513. The summed E-state index contributed by atoms with van der Waals surface area (Å²) in [5.41, 5.74) is 0.633. The van der Waals surface area contributed by atoms with Crippen molar-refractivity contribution in [1.29, 1.82) is 0 Å². The highest BCUT2D eigenvalue weighted by molar-refractivity contribution is 5.79. The molecule has 0 heterocycles. The van der Waals surface area contributed by atoms with Gasteiger partial charge in [0.25, 0.3) is 0 Å². The summed E-state index contributed by atoms with van der Waals surface area (Å²) in [6.45, 7) is 2.32.